The van der Waals surface area contributed by atoms with Crippen molar-refractivity contribution < 1.29 is 27.8 Å². The van der Waals surface area contributed by atoms with Crippen LogP contribution in [0.3, 0.4) is 0 Å². The van der Waals surface area contributed by atoms with E-state index in [2.05, 4.69) is 0 Å². The van der Waals surface area contributed by atoms with Crippen molar-refractivity contribution in [1.29, 1.82) is 0 Å². The lowest BCUT2D eigenvalue weighted by molar-refractivity contribution is 0.0696. The molecule has 1 heterocycles. The Kier molecular flexibility index (Phi) is 4.60. The van der Waals surface area contributed by atoms with Gasteiger partial charge in [0.05, 0.1) is 5.56 Å². The topological polar surface area (TPSA) is 94.9 Å². The van der Waals surface area contributed by atoms with Gasteiger partial charge in [0.2, 0.25) is 10.0 Å². The van der Waals surface area contributed by atoms with Crippen LogP contribution in [-0.4, -0.2) is 48.6 Å². The van der Waals surface area contributed by atoms with Crippen LogP contribution < -0.4 is 0 Å². The predicted molar refractivity (Wildman–Crippen MR) is 71.9 cm³/mol. The molecule has 8 heteroatoms. The van der Waals surface area contributed by atoms with E-state index in [0.717, 1.165) is 22.5 Å². The van der Waals surface area contributed by atoms with Crippen LogP contribution in [0, 0.1) is 11.7 Å². The smallest absolute Gasteiger partial charge is 0.335 e. The second kappa shape index (κ2) is 6.08. The third-order valence-electron chi connectivity index (χ3n) is 3.54. The quantitative estimate of drug-likeness (QED) is 0.861. The molecular weight excluding hydrogens is 301 g/mol. The number of piperidine rings is 1. The van der Waals surface area contributed by atoms with Crippen LogP contribution in [0.1, 0.15) is 23.2 Å². The maximum atomic E-state index is 13.8. The highest BCUT2D eigenvalue weighted by Gasteiger charge is 2.32. The molecule has 1 aromatic rings. The van der Waals surface area contributed by atoms with Crippen molar-refractivity contribution in [2.75, 3.05) is 19.7 Å². The summed E-state index contributed by atoms with van der Waals surface area (Å²) in [6, 6.07) is 2.68. The van der Waals surface area contributed by atoms with Gasteiger partial charge in [0.1, 0.15) is 10.7 Å². The summed E-state index contributed by atoms with van der Waals surface area (Å²) in [6.07, 6.45) is 1.28. The van der Waals surface area contributed by atoms with Gasteiger partial charge < -0.3 is 10.2 Å². The second-order valence-corrected chi connectivity index (χ2v) is 6.91. The Labute approximate surface area is 121 Å². The fraction of sp³-hybridized carbons (Fsp3) is 0.462. The molecule has 0 radical (unpaired) electrons. The highest BCUT2D eigenvalue weighted by Crippen LogP contribution is 2.26. The van der Waals surface area contributed by atoms with Crippen LogP contribution in [0.15, 0.2) is 23.1 Å². The van der Waals surface area contributed by atoms with Crippen LogP contribution >= 0.6 is 0 Å². The van der Waals surface area contributed by atoms with E-state index in [-0.39, 0.29) is 31.2 Å². The number of nitrogens with zero attached hydrogens (tertiary/aromatic N) is 1. The fourth-order valence-corrected chi connectivity index (χ4v) is 4.01. The highest BCUT2D eigenvalue weighted by molar-refractivity contribution is 7.89. The van der Waals surface area contributed by atoms with E-state index in [4.69, 9.17) is 10.2 Å². The van der Waals surface area contributed by atoms with Crippen molar-refractivity contribution in [3.63, 3.8) is 0 Å². The molecule has 0 spiro atoms. The van der Waals surface area contributed by atoms with Gasteiger partial charge in [-0.05, 0) is 37.0 Å². The standard InChI is InChI=1S/C13H16FNO5S/c14-11-4-3-10(13(17)18)6-12(11)21(19,20)15-5-1-2-9(7-15)8-16/h3-4,6,9,16H,1-2,5,7-8H2,(H,17,18). The lowest BCUT2D eigenvalue weighted by Crippen LogP contribution is -2.41. The van der Waals surface area contributed by atoms with Crippen LogP contribution in [0.5, 0.6) is 0 Å². The highest BCUT2D eigenvalue weighted by atomic mass is 32.2. The Hall–Kier alpha value is -1.51. The van der Waals surface area contributed by atoms with Crippen LogP contribution in [0.2, 0.25) is 0 Å². The largest absolute Gasteiger partial charge is 0.478 e. The van der Waals surface area contributed by atoms with Crippen molar-refractivity contribution in [2.24, 2.45) is 5.92 Å². The average Bonchev–Trinajstić information content (AvgIpc) is 2.47. The van der Waals surface area contributed by atoms with Gasteiger partial charge in [-0.25, -0.2) is 17.6 Å². The zero-order valence-corrected chi connectivity index (χ0v) is 12.0. The molecule has 0 amide bonds. The van der Waals surface area contributed by atoms with E-state index < -0.39 is 26.7 Å². The third-order valence-corrected chi connectivity index (χ3v) is 5.42. The SMILES string of the molecule is O=C(O)c1ccc(F)c(S(=O)(=O)N2CCCC(CO)C2)c1. The van der Waals surface area contributed by atoms with E-state index in [0.29, 0.717) is 12.8 Å². The predicted octanol–water partition coefficient (Wildman–Crippen LogP) is 0.917. The Balaban J connectivity index is 2.39. The summed E-state index contributed by atoms with van der Waals surface area (Å²) in [5.41, 5.74) is -0.286. The van der Waals surface area contributed by atoms with Crippen LogP contribution in [0.4, 0.5) is 4.39 Å². The van der Waals surface area contributed by atoms with E-state index in [9.17, 15) is 17.6 Å². The van der Waals surface area contributed by atoms with Crippen molar-refractivity contribution in [1.82, 2.24) is 4.31 Å². The summed E-state index contributed by atoms with van der Waals surface area (Å²) in [6.45, 7) is 0.203. The molecule has 1 unspecified atom stereocenters. The number of rotatable bonds is 4. The third kappa shape index (κ3) is 3.22. The number of halogens is 1. The number of aromatic carboxylic acids is 1. The molecule has 2 N–H and O–H groups in total. The van der Waals surface area contributed by atoms with Crippen LogP contribution in [-0.2, 0) is 10.0 Å². The first kappa shape index (κ1) is 15.9. The van der Waals surface area contributed by atoms with Crippen molar-refractivity contribution in [3.8, 4) is 0 Å². The Morgan fingerprint density at radius 2 is 2.14 bits per heavy atom. The number of carbonyl (C=O) groups is 1. The van der Waals surface area contributed by atoms with Gasteiger partial charge in [0.15, 0.2) is 0 Å². The van der Waals surface area contributed by atoms with Crippen molar-refractivity contribution in [3.05, 3.63) is 29.6 Å². The Bertz CT molecular complexity index is 646. The van der Waals surface area contributed by atoms with Gasteiger partial charge in [-0.2, -0.15) is 4.31 Å². The number of aliphatic hydroxyl groups excluding tert-OH is 1. The normalized spacial score (nSPS) is 20.4. The first-order chi connectivity index (χ1) is 9.86. The summed E-state index contributed by atoms with van der Waals surface area (Å²) >= 11 is 0. The molecule has 2 rings (SSSR count). The molecule has 0 saturated carbocycles. The fourth-order valence-electron chi connectivity index (χ4n) is 2.37. The maximum absolute atomic E-state index is 13.8. The Morgan fingerprint density at radius 3 is 2.76 bits per heavy atom. The number of sulfonamides is 1. The van der Waals surface area contributed by atoms with E-state index >= 15 is 0 Å². The number of hydrogen-bond acceptors (Lipinski definition) is 4. The Morgan fingerprint density at radius 1 is 1.43 bits per heavy atom. The lowest BCUT2D eigenvalue weighted by Gasteiger charge is -2.31. The molecule has 1 saturated heterocycles. The van der Waals surface area contributed by atoms with Crippen molar-refractivity contribution in [2.45, 2.75) is 17.7 Å². The first-order valence-electron chi connectivity index (χ1n) is 6.50. The minimum Gasteiger partial charge on any atom is -0.478 e. The molecule has 21 heavy (non-hydrogen) atoms. The van der Waals surface area contributed by atoms with Gasteiger partial charge in [0, 0.05) is 19.7 Å². The summed E-state index contributed by atoms with van der Waals surface area (Å²) in [7, 11) is -4.11. The molecule has 116 valence electrons. The minimum atomic E-state index is -4.11. The van der Waals surface area contributed by atoms with Gasteiger partial charge in [-0.1, -0.05) is 0 Å². The molecule has 0 bridgehead atoms. The minimum absolute atomic E-state index is 0.107. The zero-order chi connectivity index (χ0) is 15.6. The number of hydrogen-bond donors (Lipinski definition) is 2. The molecule has 1 aliphatic rings. The number of carboxylic acids is 1. The molecule has 1 aromatic carbocycles. The first-order valence-corrected chi connectivity index (χ1v) is 7.94. The average molecular weight is 317 g/mol. The van der Waals surface area contributed by atoms with E-state index in [1.165, 1.54) is 0 Å². The monoisotopic (exact) mass is 317 g/mol. The van der Waals surface area contributed by atoms with Gasteiger partial charge in [-0.3, -0.25) is 0 Å². The lowest BCUT2D eigenvalue weighted by atomic mass is 10.0. The molecule has 1 atom stereocenters. The molecule has 0 aliphatic carbocycles. The summed E-state index contributed by atoms with van der Waals surface area (Å²) < 4.78 is 39.8. The molecule has 1 aliphatic heterocycles. The van der Waals surface area contributed by atoms with E-state index in [1.807, 2.05) is 0 Å². The molecule has 0 aromatic heterocycles. The van der Waals surface area contributed by atoms with Gasteiger partial charge >= 0.3 is 5.97 Å². The van der Waals surface area contributed by atoms with Gasteiger partial charge in [0.25, 0.3) is 0 Å². The number of benzene rings is 1. The number of aliphatic hydroxyl groups is 1. The number of carboxylic acid groups (broad SMARTS) is 1. The molecule has 6 nitrogen and oxygen atoms in total. The zero-order valence-electron chi connectivity index (χ0n) is 11.2. The summed E-state index contributed by atoms with van der Waals surface area (Å²) in [5, 5.41) is 18.0. The van der Waals surface area contributed by atoms with Crippen LogP contribution in [0.25, 0.3) is 0 Å². The molecule has 1 fully saturated rings. The summed E-state index contributed by atoms with van der Waals surface area (Å²) in [4.78, 5) is 10.3. The van der Waals surface area contributed by atoms with E-state index in [1.54, 1.807) is 0 Å². The second-order valence-electron chi connectivity index (χ2n) is 5.00. The molecular formula is C13H16FNO5S. The van der Waals surface area contributed by atoms with Gasteiger partial charge in [-0.15, -0.1) is 0 Å². The maximum Gasteiger partial charge on any atom is 0.335 e. The van der Waals surface area contributed by atoms with Crippen molar-refractivity contribution >= 4 is 16.0 Å². The summed E-state index contributed by atoms with van der Waals surface area (Å²) in [5.74, 6) is -2.48.